The van der Waals surface area contributed by atoms with Crippen LogP contribution in [-0.2, 0) is 15.5 Å². The van der Waals surface area contributed by atoms with Gasteiger partial charge < -0.3 is 9.47 Å². The van der Waals surface area contributed by atoms with Gasteiger partial charge in [0.15, 0.2) is 0 Å². The van der Waals surface area contributed by atoms with E-state index in [0.29, 0.717) is 6.61 Å². The van der Waals surface area contributed by atoms with Crippen molar-refractivity contribution >= 4 is 10.8 Å². The molecule has 0 spiro atoms. The number of ether oxygens (including phenoxy) is 2. The summed E-state index contributed by atoms with van der Waals surface area (Å²) in [5.41, 5.74) is 0.724. The van der Waals surface area contributed by atoms with Crippen molar-refractivity contribution in [3.8, 4) is 5.75 Å². The molecule has 0 aliphatic carbocycles. The van der Waals surface area contributed by atoms with Crippen molar-refractivity contribution in [2.45, 2.75) is 43.2 Å². The van der Waals surface area contributed by atoms with Crippen molar-refractivity contribution < 1.29 is 26.9 Å². The first-order valence-corrected chi connectivity index (χ1v) is 7.92. The summed E-state index contributed by atoms with van der Waals surface area (Å²) in [6, 6.07) is 5.52. The molecule has 0 radical (unpaired) electrons. The SMILES string of the molecule is C[C@@H]1OCC[C@@H]1[S@@](=O)[C@@H](C)c1ccc(OC(F)(F)F)cc1. The molecule has 0 unspecified atom stereocenters. The zero-order valence-electron chi connectivity index (χ0n) is 11.7. The Kier molecular flexibility index (Phi) is 4.93. The number of halogens is 3. The smallest absolute Gasteiger partial charge is 0.406 e. The van der Waals surface area contributed by atoms with Crippen molar-refractivity contribution in [3.63, 3.8) is 0 Å². The quantitative estimate of drug-likeness (QED) is 0.850. The lowest BCUT2D eigenvalue weighted by atomic mass is 10.1. The topological polar surface area (TPSA) is 35.5 Å². The van der Waals surface area contributed by atoms with E-state index in [1.54, 1.807) is 6.92 Å². The van der Waals surface area contributed by atoms with Crippen LogP contribution in [0, 0.1) is 0 Å². The molecule has 7 heteroatoms. The van der Waals surface area contributed by atoms with Crippen LogP contribution in [0.3, 0.4) is 0 Å². The normalized spacial score (nSPS) is 25.6. The van der Waals surface area contributed by atoms with E-state index < -0.39 is 17.2 Å². The van der Waals surface area contributed by atoms with Crippen LogP contribution in [0.1, 0.15) is 31.1 Å². The number of benzene rings is 1. The zero-order chi connectivity index (χ0) is 15.6. The Hall–Kier alpha value is -1.08. The summed E-state index contributed by atoms with van der Waals surface area (Å²) < 4.78 is 58.0. The van der Waals surface area contributed by atoms with Crippen LogP contribution < -0.4 is 4.74 Å². The van der Waals surface area contributed by atoms with E-state index in [4.69, 9.17) is 4.74 Å². The molecule has 0 amide bonds. The van der Waals surface area contributed by atoms with Gasteiger partial charge >= 0.3 is 6.36 Å². The molecule has 0 N–H and O–H groups in total. The van der Waals surface area contributed by atoms with E-state index in [1.165, 1.54) is 24.3 Å². The lowest BCUT2D eigenvalue weighted by Crippen LogP contribution is -2.26. The molecular formula is C14H17F3O3S. The van der Waals surface area contributed by atoms with Gasteiger partial charge in [0, 0.05) is 17.4 Å². The summed E-state index contributed by atoms with van der Waals surface area (Å²) in [6.45, 7) is 4.30. The maximum Gasteiger partial charge on any atom is 0.573 e. The third-order valence-electron chi connectivity index (χ3n) is 3.54. The lowest BCUT2D eigenvalue weighted by molar-refractivity contribution is -0.274. The standard InChI is InChI=1S/C14H17F3O3S/c1-9-13(7-8-19-9)21(18)10(2)11-3-5-12(6-4-11)20-14(15,16)17/h3-6,9-10,13H,7-8H2,1-2H3/t9-,10-,13-,21-/m0/s1. The molecule has 1 aromatic carbocycles. The number of rotatable bonds is 4. The zero-order valence-corrected chi connectivity index (χ0v) is 12.5. The minimum absolute atomic E-state index is 0.0360. The van der Waals surface area contributed by atoms with E-state index in [-0.39, 0.29) is 22.4 Å². The monoisotopic (exact) mass is 322 g/mol. The van der Waals surface area contributed by atoms with Crippen molar-refractivity contribution in [1.82, 2.24) is 0 Å². The first-order chi connectivity index (χ1) is 9.78. The van der Waals surface area contributed by atoms with E-state index in [1.807, 2.05) is 6.92 Å². The van der Waals surface area contributed by atoms with Gasteiger partial charge in [-0.05, 0) is 38.0 Å². The van der Waals surface area contributed by atoms with E-state index >= 15 is 0 Å². The number of hydrogen-bond acceptors (Lipinski definition) is 3. The molecule has 1 saturated heterocycles. The molecule has 1 fully saturated rings. The Bertz CT molecular complexity index is 501. The van der Waals surface area contributed by atoms with Crippen LogP contribution in [0.2, 0.25) is 0 Å². The second-order valence-electron chi connectivity index (χ2n) is 4.99. The van der Waals surface area contributed by atoms with E-state index in [9.17, 15) is 17.4 Å². The highest BCUT2D eigenvalue weighted by molar-refractivity contribution is 7.86. The third-order valence-corrected chi connectivity index (χ3v) is 5.72. The fourth-order valence-electron chi connectivity index (χ4n) is 2.35. The average Bonchev–Trinajstić information content (AvgIpc) is 2.82. The Morgan fingerprint density at radius 3 is 2.43 bits per heavy atom. The molecule has 1 aromatic rings. The van der Waals surface area contributed by atoms with Crippen molar-refractivity contribution in [3.05, 3.63) is 29.8 Å². The van der Waals surface area contributed by atoms with E-state index in [0.717, 1.165) is 12.0 Å². The van der Waals surface area contributed by atoms with Crippen molar-refractivity contribution in [1.29, 1.82) is 0 Å². The fourth-order valence-corrected chi connectivity index (χ4v) is 4.09. The number of hydrogen-bond donors (Lipinski definition) is 0. The second kappa shape index (κ2) is 6.36. The summed E-state index contributed by atoms with van der Waals surface area (Å²) in [5, 5.41) is -0.301. The largest absolute Gasteiger partial charge is 0.573 e. The summed E-state index contributed by atoms with van der Waals surface area (Å²) in [7, 11) is -1.13. The van der Waals surface area contributed by atoms with Gasteiger partial charge in [-0.2, -0.15) is 0 Å². The fraction of sp³-hybridized carbons (Fsp3) is 0.571. The average molecular weight is 322 g/mol. The predicted octanol–water partition coefficient (Wildman–Crippen LogP) is 3.57. The molecule has 0 saturated carbocycles. The minimum Gasteiger partial charge on any atom is -0.406 e. The van der Waals surface area contributed by atoms with Gasteiger partial charge in [0.1, 0.15) is 5.75 Å². The van der Waals surface area contributed by atoms with Crippen LogP contribution in [0.5, 0.6) is 5.75 Å². The molecule has 1 aliphatic heterocycles. The highest BCUT2D eigenvalue weighted by Gasteiger charge is 2.33. The van der Waals surface area contributed by atoms with Crippen LogP contribution >= 0.6 is 0 Å². The van der Waals surface area contributed by atoms with Gasteiger partial charge in [0.05, 0.1) is 16.6 Å². The molecule has 2 rings (SSSR count). The summed E-state index contributed by atoms with van der Waals surface area (Å²) in [6.07, 6.45) is -4.01. The van der Waals surface area contributed by atoms with E-state index in [2.05, 4.69) is 4.74 Å². The molecule has 0 bridgehead atoms. The van der Waals surface area contributed by atoms with Gasteiger partial charge in [-0.15, -0.1) is 13.2 Å². The molecule has 0 aromatic heterocycles. The maximum absolute atomic E-state index is 12.5. The van der Waals surface area contributed by atoms with Crippen LogP contribution in [0.25, 0.3) is 0 Å². The van der Waals surface area contributed by atoms with Gasteiger partial charge in [0.25, 0.3) is 0 Å². The maximum atomic E-state index is 12.5. The van der Waals surface area contributed by atoms with Gasteiger partial charge in [-0.25, -0.2) is 0 Å². The molecular weight excluding hydrogens is 305 g/mol. The van der Waals surface area contributed by atoms with Crippen LogP contribution in [0.4, 0.5) is 13.2 Å². The second-order valence-corrected chi connectivity index (χ2v) is 6.96. The van der Waals surface area contributed by atoms with Crippen molar-refractivity contribution in [2.75, 3.05) is 6.61 Å². The number of alkyl halides is 3. The molecule has 3 nitrogen and oxygen atoms in total. The predicted molar refractivity (Wildman–Crippen MR) is 73.5 cm³/mol. The molecule has 1 heterocycles. The molecule has 118 valence electrons. The Morgan fingerprint density at radius 2 is 1.95 bits per heavy atom. The first kappa shape index (κ1) is 16.3. The van der Waals surface area contributed by atoms with Gasteiger partial charge in [-0.1, -0.05) is 12.1 Å². The summed E-state index contributed by atoms with van der Waals surface area (Å²) >= 11 is 0. The molecule has 4 atom stereocenters. The molecule has 21 heavy (non-hydrogen) atoms. The Balaban J connectivity index is 2.05. The summed E-state index contributed by atoms with van der Waals surface area (Å²) in [4.78, 5) is 0. The third kappa shape index (κ3) is 4.20. The summed E-state index contributed by atoms with van der Waals surface area (Å²) in [5.74, 6) is -0.276. The Labute approximate surface area is 123 Å². The van der Waals surface area contributed by atoms with Gasteiger partial charge in [0.2, 0.25) is 0 Å². The van der Waals surface area contributed by atoms with Crippen LogP contribution in [0.15, 0.2) is 24.3 Å². The highest BCUT2D eigenvalue weighted by atomic mass is 32.2. The lowest BCUT2D eigenvalue weighted by Gasteiger charge is -2.19. The first-order valence-electron chi connectivity index (χ1n) is 6.64. The van der Waals surface area contributed by atoms with Crippen molar-refractivity contribution in [2.24, 2.45) is 0 Å². The molecule has 1 aliphatic rings. The minimum atomic E-state index is -4.70. The highest BCUT2D eigenvalue weighted by Crippen LogP contribution is 2.30. The van der Waals surface area contributed by atoms with Gasteiger partial charge in [-0.3, -0.25) is 4.21 Å². The van der Waals surface area contributed by atoms with Crippen LogP contribution in [-0.4, -0.2) is 28.5 Å². The Morgan fingerprint density at radius 1 is 1.33 bits per heavy atom.